The summed E-state index contributed by atoms with van der Waals surface area (Å²) in [5.74, 6) is 0.0192. The third kappa shape index (κ3) is 8.47. The minimum atomic E-state index is -2.07. The number of hydrogen-bond donors (Lipinski definition) is 1. The average molecular weight is 437 g/mol. The van der Waals surface area contributed by atoms with E-state index in [1.54, 1.807) is 0 Å². The van der Waals surface area contributed by atoms with Crippen LogP contribution in [0.5, 0.6) is 0 Å². The second-order valence-corrected chi connectivity index (χ2v) is 18.8. The molecule has 0 aromatic rings. The number of carbonyl (C=O) groups excluding carboxylic acids is 1. The first kappa shape index (κ1) is 22.6. The summed E-state index contributed by atoms with van der Waals surface area (Å²) in [7, 11) is 0. The van der Waals surface area contributed by atoms with Crippen LogP contribution in [0.25, 0.3) is 0 Å². The van der Waals surface area contributed by atoms with Crippen molar-refractivity contribution in [3.8, 4) is 0 Å². The summed E-state index contributed by atoms with van der Waals surface area (Å²) in [5, 5.41) is 0. The fraction of sp³-hybridized carbons (Fsp3) is 0.944. The molecule has 0 radical (unpaired) electrons. The van der Waals surface area contributed by atoms with Crippen LogP contribution in [0.3, 0.4) is 0 Å². The van der Waals surface area contributed by atoms with E-state index in [0.29, 0.717) is 6.61 Å². The second-order valence-electron chi connectivity index (χ2n) is 6.50. The molecule has 0 spiro atoms. The van der Waals surface area contributed by atoms with E-state index in [2.05, 4.69) is 27.7 Å². The normalized spacial score (nSPS) is 14.1. The molecule has 0 aliphatic carbocycles. The zero-order valence-electron chi connectivity index (χ0n) is 15.3. The van der Waals surface area contributed by atoms with E-state index in [-0.39, 0.29) is 8.73 Å². The Hall–Kier alpha value is 0.619. The Morgan fingerprint density at radius 1 is 0.909 bits per heavy atom. The molecule has 0 saturated carbocycles. The summed E-state index contributed by atoms with van der Waals surface area (Å²) in [6.45, 7) is 9.38. The van der Waals surface area contributed by atoms with Gasteiger partial charge in [-0.2, -0.15) is 0 Å². The van der Waals surface area contributed by atoms with Crippen LogP contribution >= 0.6 is 12.6 Å². The first-order valence-corrected chi connectivity index (χ1v) is 16.2. The minimum absolute atomic E-state index is 0.0192. The third-order valence-corrected chi connectivity index (χ3v) is 19.0. The maximum atomic E-state index is 12.8. The summed E-state index contributed by atoms with van der Waals surface area (Å²) in [5.41, 5.74) is 0. The zero-order valence-corrected chi connectivity index (χ0v) is 19.5. The van der Waals surface area contributed by atoms with Gasteiger partial charge in [-0.05, 0) is 0 Å². The standard InChI is InChI=1S/C10H19O2S.2C4H9.Sn.H/c1-3-5-7-9(13)10(11)12-8-6-4-2;2*1-3-4-2;;/h13H,3-8H2,1-2H3;2*1,3-4H2,2H3;;. The number of rotatable bonds is 14. The fourth-order valence-corrected chi connectivity index (χ4v) is 16.5. The van der Waals surface area contributed by atoms with Crippen molar-refractivity contribution in [1.29, 1.82) is 0 Å². The molecule has 0 aromatic heterocycles. The molecule has 0 aromatic carbocycles. The fourth-order valence-electron chi connectivity index (χ4n) is 2.88. The van der Waals surface area contributed by atoms with Crippen molar-refractivity contribution in [2.75, 3.05) is 6.61 Å². The monoisotopic (exact) mass is 438 g/mol. The predicted octanol–water partition coefficient (Wildman–Crippen LogP) is 5.56. The molecule has 0 N–H and O–H groups in total. The molecular formula is C18H38O2SSn. The summed E-state index contributed by atoms with van der Waals surface area (Å²) < 4.78 is 7.84. The second kappa shape index (κ2) is 14.0. The van der Waals surface area contributed by atoms with Crippen molar-refractivity contribution >= 4 is 38.4 Å². The van der Waals surface area contributed by atoms with Crippen LogP contribution in [0.2, 0.25) is 8.87 Å². The summed E-state index contributed by atoms with van der Waals surface area (Å²) in [6, 6.07) is 0. The van der Waals surface area contributed by atoms with Crippen LogP contribution < -0.4 is 0 Å². The van der Waals surface area contributed by atoms with E-state index < -0.39 is 19.8 Å². The Morgan fingerprint density at radius 2 is 1.41 bits per heavy atom. The molecule has 0 heterocycles. The molecular weight excluding hydrogens is 399 g/mol. The van der Waals surface area contributed by atoms with Crippen molar-refractivity contribution < 1.29 is 9.53 Å². The van der Waals surface area contributed by atoms with Gasteiger partial charge in [0.25, 0.3) is 0 Å². The molecule has 22 heavy (non-hydrogen) atoms. The number of esters is 1. The van der Waals surface area contributed by atoms with Gasteiger partial charge in [0.15, 0.2) is 0 Å². The molecule has 0 aliphatic rings. The number of ether oxygens (including phenoxy) is 1. The Bertz CT molecular complexity index is 278. The average Bonchev–Trinajstić information content (AvgIpc) is 2.52. The molecule has 1 atom stereocenters. The van der Waals surface area contributed by atoms with Crippen LogP contribution in [0, 0.1) is 0 Å². The number of carbonyl (C=O) groups is 1. The van der Waals surface area contributed by atoms with Gasteiger partial charge in [0.1, 0.15) is 0 Å². The van der Waals surface area contributed by atoms with Crippen molar-refractivity contribution in [2.24, 2.45) is 0 Å². The first-order chi connectivity index (χ1) is 10.6. The molecule has 0 rings (SSSR count). The molecule has 0 fully saturated rings. The van der Waals surface area contributed by atoms with Crippen LogP contribution in [-0.2, 0) is 9.53 Å². The van der Waals surface area contributed by atoms with Gasteiger partial charge in [0.05, 0.1) is 0 Å². The van der Waals surface area contributed by atoms with E-state index in [0.717, 1.165) is 32.1 Å². The quantitative estimate of drug-likeness (QED) is 0.167. The Labute approximate surface area is 151 Å². The molecule has 0 aliphatic heterocycles. The molecule has 0 bridgehead atoms. The van der Waals surface area contributed by atoms with E-state index in [1.807, 2.05) is 0 Å². The number of unbranched alkanes of at least 4 members (excludes halogenated alkanes) is 4. The van der Waals surface area contributed by atoms with Crippen LogP contribution in [0.15, 0.2) is 0 Å². The van der Waals surface area contributed by atoms with Crippen LogP contribution in [-0.4, -0.2) is 35.1 Å². The molecule has 0 amide bonds. The van der Waals surface area contributed by atoms with Gasteiger partial charge in [0.2, 0.25) is 0 Å². The van der Waals surface area contributed by atoms with Crippen molar-refractivity contribution in [1.82, 2.24) is 0 Å². The Morgan fingerprint density at radius 3 is 1.86 bits per heavy atom. The number of hydrogen-bond acceptors (Lipinski definition) is 3. The van der Waals surface area contributed by atoms with Crippen molar-refractivity contribution in [3.05, 3.63) is 0 Å². The van der Waals surface area contributed by atoms with Gasteiger partial charge >= 0.3 is 152 Å². The van der Waals surface area contributed by atoms with E-state index in [4.69, 9.17) is 17.4 Å². The van der Waals surface area contributed by atoms with Crippen molar-refractivity contribution in [2.45, 2.75) is 97.1 Å². The molecule has 132 valence electrons. The molecule has 2 nitrogen and oxygen atoms in total. The summed E-state index contributed by atoms with van der Waals surface area (Å²) in [6.07, 6.45) is 10.2. The third-order valence-electron chi connectivity index (χ3n) is 4.48. The summed E-state index contributed by atoms with van der Waals surface area (Å²) >= 11 is 2.94. The van der Waals surface area contributed by atoms with Gasteiger partial charge in [-0.15, -0.1) is 0 Å². The van der Waals surface area contributed by atoms with Gasteiger partial charge in [-0.3, -0.25) is 0 Å². The molecule has 1 unspecified atom stereocenters. The first-order valence-electron chi connectivity index (χ1n) is 9.46. The van der Waals surface area contributed by atoms with Crippen LogP contribution in [0.1, 0.15) is 85.5 Å². The van der Waals surface area contributed by atoms with Gasteiger partial charge in [-0.25, -0.2) is 0 Å². The molecule has 0 saturated heterocycles. The van der Waals surface area contributed by atoms with Crippen molar-refractivity contribution in [3.63, 3.8) is 0 Å². The van der Waals surface area contributed by atoms with Crippen LogP contribution in [0.4, 0.5) is 0 Å². The van der Waals surface area contributed by atoms with Gasteiger partial charge < -0.3 is 0 Å². The summed E-state index contributed by atoms with van der Waals surface area (Å²) in [4.78, 5) is 12.8. The predicted molar refractivity (Wildman–Crippen MR) is 104 cm³/mol. The van der Waals surface area contributed by atoms with Gasteiger partial charge in [-0.1, -0.05) is 0 Å². The van der Waals surface area contributed by atoms with Gasteiger partial charge in [0, 0.05) is 0 Å². The van der Waals surface area contributed by atoms with E-state index >= 15 is 0 Å². The SMILES string of the molecule is CCCCOC(=O)[C](S)(CCCC)[SnH]([CH2]CCC)[CH2]CCC. The Kier molecular flexibility index (Phi) is 14.4. The van der Waals surface area contributed by atoms with E-state index in [1.165, 1.54) is 34.6 Å². The zero-order chi connectivity index (χ0) is 16.8. The molecule has 4 heteroatoms. The van der Waals surface area contributed by atoms with E-state index in [9.17, 15) is 4.79 Å². The topological polar surface area (TPSA) is 26.3 Å². The number of thiol groups is 1. The maximum absolute atomic E-state index is 12.8. The Balaban J connectivity index is 4.97.